The Morgan fingerprint density at radius 2 is 1.23 bits per heavy atom. The summed E-state index contributed by atoms with van der Waals surface area (Å²) in [5.41, 5.74) is 5.47. The van der Waals surface area contributed by atoms with E-state index in [9.17, 15) is 0 Å². The van der Waals surface area contributed by atoms with E-state index in [4.69, 9.17) is 0 Å². The fourth-order valence-corrected chi connectivity index (χ4v) is 4.29. The van der Waals surface area contributed by atoms with Gasteiger partial charge in [0.05, 0.1) is 0 Å². The monoisotopic (exact) mass is 391 g/mol. The van der Waals surface area contributed by atoms with Gasteiger partial charge in [-0.2, -0.15) is 0 Å². The molecule has 0 nitrogen and oxygen atoms in total. The highest BCUT2D eigenvalue weighted by atomic mass is 14.1. The molecule has 0 heterocycles. The summed E-state index contributed by atoms with van der Waals surface area (Å²) in [4.78, 5) is 0. The number of aryl methyl sites for hydroxylation is 2. The zero-order chi connectivity index (χ0) is 20.4. The number of hydrogen-bond donors (Lipinski definition) is 0. The Bertz CT molecular complexity index is 1050. The number of rotatable bonds is 10. The molecule has 1 radical (unpaired) electrons. The van der Waals surface area contributed by atoms with Crippen LogP contribution in [0.4, 0.5) is 0 Å². The van der Waals surface area contributed by atoms with Crippen molar-refractivity contribution in [3.05, 3.63) is 108 Å². The van der Waals surface area contributed by atoms with E-state index in [0.717, 1.165) is 6.42 Å². The first-order valence-electron chi connectivity index (χ1n) is 11.4. The first-order chi connectivity index (χ1) is 14.9. The standard InChI is InChI=1S/C30H31/c1(3-6-14-25-15-7-5-8-16-25)2-4-9-18-27-19-12-13-21-30(27)29-23-22-26-17-10-11-20-28(26)24-29/h5,7-8,10-13,15-17,20-24H,1-4,6,9,14,18H2. The van der Waals surface area contributed by atoms with E-state index in [1.165, 1.54) is 78.0 Å². The summed E-state index contributed by atoms with van der Waals surface area (Å²) < 4.78 is 0. The Kier molecular flexibility index (Phi) is 7.34. The summed E-state index contributed by atoms with van der Waals surface area (Å²) in [5.74, 6) is 0. The van der Waals surface area contributed by atoms with Gasteiger partial charge < -0.3 is 0 Å². The highest BCUT2D eigenvalue weighted by Gasteiger charge is 2.06. The van der Waals surface area contributed by atoms with E-state index in [1.807, 2.05) is 0 Å². The molecule has 0 aliphatic heterocycles. The highest BCUT2D eigenvalue weighted by molar-refractivity contribution is 5.87. The van der Waals surface area contributed by atoms with Crippen molar-refractivity contribution in [2.75, 3.05) is 0 Å². The smallest absolute Gasteiger partial charge is 0.0143 e. The van der Waals surface area contributed by atoms with Gasteiger partial charge in [0.15, 0.2) is 0 Å². The molecular weight excluding hydrogens is 360 g/mol. The van der Waals surface area contributed by atoms with E-state index < -0.39 is 0 Å². The van der Waals surface area contributed by atoms with Crippen molar-refractivity contribution < 1.29 is 0 Å². The first kappa shape index (κ1) is 20.4. The molecule has 0 heteroatoms. The molecule has 0 atom stereocenters. The van der Waals surface area contributed by atoms with Gasteiger partial charge in [-0.15, -0.1) is 0 Å². The summed E-state index contributed by atoms with van der Waals surface area (Å²) in [7, 11) is 0. The molecule has 0 amide bonds. The zero-order valence-electron chi connectivity index (χ0n) is 17.8. The predicted octanol–water partition coefficient (Wildman–Crippen LogP) is 8.43. The van der Waals surface area contributed by atoms with Crippen LogP contribution in [-0.2, 0) is 12.8 Å². The SMILES string of the molecule is [c]1cccc(-c2ccc3ccccc3c2)c1CCCCCCCCc1ccccc1. The van der Waals surface area contributed by atoms with E-state index in [1.54, 1.807) is 0 Å². The quantitative estimate of drug-likeness (QED) is 0.238. The normalized spacial score (nSPS) is 11.1. The summed E-state index contributed by atoms with van der Waals surface area (Å²) >= 11 is 0. The molecule has 0 saturated heterocycles. The van der Waals surface area contributed by atoms with E-state index in [-0.39, 0.29) is 0 Å². The maximum absolute atomic E-state index is 3.51. The molecule has 0 bridgehead atoms. The number of unbranched alkanes of at least 4 members (excludes halogenated alkanes) is 5. The van der Waals surface area contributed by atoms with Gasteiger partial charge in [-0.1, -0.05) is 111 Å². The lowest BCUT2D eigenvalue weighted by Gasteiger charge is -2.10. The average Bonchev–Trinajstić information content (AvgIpc) is 2.81. The lowest BCUT2D eigenvalue weighted by atomic mass is 9.94. The first-order valence-corrected chi connectivity index (χ1v) is 11.4. The minimum absolute atomic E-state index is 1.12. The van der Waals surface area contributed by atoms with Crippen LogP contribution in [0.25, 0.3) is 21.9 Å². The average molecular weight is 392 g/mol. The number of fused-ring (bicyclic) bond motifs is 1. The van der Waals surface area contributed by atoms with Crippen molar-refractivity contribution in [2.45, 2.75) is 51.4 Å². The molecule has 151 valence electrons. The molecule has 30 heavy (non-hydrogen) atoms. The van der Waals surface area contributed by atoms with Gasteiger partial charge in [-0.3, -0.25) is 0 Å². The minimum atomic E-state index is 1.12. The molecule has 4 aromatic carbocycles. The second kappa shape index (κ2) is 10.8. The topological polar surface area (TPSA) is 0 Å². The van der Waals surface area contributed by atoms with Crippen LogP contribution < -0.4 is 0 Å². The third-order valence-corrected chi connectivity index (χ3v) is 5.99. The summed E-state index contributed by atoms with van der Waals surface area (Å²) in [6, 6.07) is 36.2. The largest absolute Gasteiger partial charge is 0.0622 e. The summed E-state index contributed by atoms with van der Waals surface area (Å²) in [5, 5.41) is 2.61. The fourth-order valence-electron chi connectivity index (χ4n) is 4.29. The molecular formula is C30H31. The molecule has 0 spiro atoms. The molecule has 0 fully saturated rings. The van der Waals surface area contributed by atoms with Crippen LogP contribution in [0.3, 0.4) is 0 Å². The van der Waals surface area contributed by atoms with Crippen LogP contribution in [0.1, 0.15) is 49.7 Å². The molecule has 0 aromatic heterocycles. The summed E-state index contributed by atoms with van der Waals surface area (Å²) in [6.07, 6.45) is 10.2. The Morgan fingerprint density at radius 3 is 2.07 bits per heavy atom. The Balaban J connectivity index is 1.24. The van der Waals surface area contributed by atoms with Gasteiger partial charge in [0.2, 0.25) is 0 Å². The van der Waals surface area contributed by atoms with Gasteiger partial charge >= 0.3 is 0 Å². The number of benzene rings is 4. The predicted molar refractivity (Wildman–Crippen MR) is 130 cm³/mol. The highest BCUT2D eigenvalue weighted by Crippen LogP contribution is 2.28. The van der Waals surface area contributed by atoms with Crippen molar-refractivity contribution in [3.63, 3.8) is 0 Å². The van der Waals surface area contributed by atoms with E-state index in [2.05, 4.69) is 97.1 Å². The lowest BCUT2D eigenvalue weighted by molar-refractivity contribution is 0.594. The molecule has 0 unspecified atom stereocenters. The van der Waals surface area contributed by atoms with Gasteiger partial charge in [-0.05, 0) is 70.8 Å². The van der Waals surface area contributed by atoms with Gasteiger partial charge in [0.1, 0.15) is 0 Å². The lowest BCUT2D eigenvalue weighted by Crippen LogP contribution is -1.92. The van der Waals surface area contributed by atoms with Crippen molar-refractivity contribution in [2.24, 2.45) is 0 Å². The van der Waals surface area contributed by atoms with Gasteiger partial charge in [0, 0.05) is 0 Å². The zero-order valence-corrected chi connectivity index (χ0v) is 17.8. The Labute approximate surface area is 181 Å². The van der Waals surface area contributed by atoms with Crippen molar-refractivity contribution in [1.82, 2.24) is 0 Å². The molecule has 4 rings (SSSR count). The summed E-state index contributed by atoms with van der Waals surface area (Å²) in [6.45, 7) is 0. The maximum atomic E-state index is 3.51. The molecule has 0 saturated carbocycles. The van der Waals surface area contributed by atoms with E-state index in [0.29, 0.717) is 0 Å². The van der Waals surface area contributed by atoms with E-state index >= 15 is 0 Å². The number of hydrogen-bond acceptors (Lipinski definition) is 0. The molecule has 0 aliphatic rings. The minimum Gasteiger partial charge on any atom is -0.0622 e. The Morgan fingerprint density at radius 1 is 0.533 bits per heavy atom. The maximum Gasteiger partial charge on any atom is -0.0143 e. The van der Waals surface area contributed by atoms with Gasteiger partial charge in [-0.25, -0.2) is 0 Å². The van der Waals surface area contributed by atoms with Crippen molar-refractivity contribution in [3.8, 4) is 11.1 Å². The van der Waals surface area contributed by atoms with Gasteiger partial charge in [0.25, 0.3) is 0 Å². The van der Waals surface area contributed by atoms with Crippen LogP contribution in [0, 0.1) is 6.07 Å². The molecule has 0 N–H and O–H groups in total. The van der Waals surface area contributed by atoms with Crippen LogP contribution in [0.2, 0.25) is 0 Å². The fraction of sp³-hybridized carbons (Fsp3) is 0.267. The third-order valence-electron chi connectivity index (χ3n) is 5.99. The second-order valence-electron chi connectivity index (χ2n) is 8.23. The van der Waals surface area contributed by atoms with Crippen LogP contribution in [0.15, 0.2) is 91.0 Å². The Hall–Kier alpha value is -2.86. The second-order valence-corrected chi connectivity index (χ2v) is 8.23. The molecule has 0 aliphatic carbocycles. The molecule has 4 aromatic rings. The van der Waals surface area contributed by atoms with Crippen molar-refractivity contribution >= 4 is 10.8 Å². The van der Waals surface area contributed by atoms with Crippen LogP contribution in [0.5, 0.6) is 0 Å². The van der Waals surface area contributed by atoms with Crippen LogP contribution in [-0.4, -0.2) is 0 Å². The third kappa shape index (κ3) is 5.60. The van der Waals surface area contributed by atoms with Crippen molar-refractivity contribution in [1.29, 1.82) is 0 Å². The van der Waals surface area contributed by atoms with Crippen LogP contribution >= 0.6 is 0 Å².